The van der Waals surface area contributed by atoms with Gasteiger partial charge in [-0.25, -0.2) is 9.78 Å². The van der Waals surface area contributed by atoms with Crippen molar-refractivity contribution in [3.05, 3.63) is 68.9 Å². The molecule has 0 bridgehead atoms. The summed E-state index contributed by atoms with van der Waals surface area (Å²) in [6.07, 6.45) is 3.57. The van der Waals surface area contributed by atoms with Crippen LogP contribution in [0, 0.1) is 0 Å². The van der Waals surface area contributed by atoms with Crippen LogP contribution in [-0.2, 0) is 7.05 Å². The molecule has 0 atom stereocenters. The van der Waals surface area contributed by atoms with Crippen LogP contribution in [0.25, 0.3) is 33.3 Å². The number of thiazole rings is 1. The highest BCUT2D eigenvalue weighted by atomic mass is 32.1. The maximum atomic E-state index is 12.4. The van der Waals surface area contributed by atoms with Gasteiger partial charge in [0.2, 0.25) is 5.78 Å². The van der Waals surface area contributed by atoms with E-state index in [1.807, 2.05) is 46.5 Å². The van der Waals surface area contributed by atoms with E-state index in [-0.39, 0.29) is 0 Å². The standard InChI is InChI=1S/C17H12N6O2S/c1-21-13-12(14(24)20-16(21)25)22-9-11(10-5-3-2-4-6-10)23(15(22)19-13)17-18-7-8-26-17/h2-9H,1H3,(H,20,24,25). The monoisotopic (exact) mass is 364 g/mol. The number of rotatable bonds is 2. The van der Waals surface area contributed by atoms with Gasteiger partial charge in [-0.05, 0) is 0 Å². The van der Waals surface area contributed by atoms with E-state index in [2.05, 4.69) is 15.0 Å². The fourth-order valence-corrected chi connectivity index (χ4v) is 3.74. The summed E-state index contributed by atoms with van der Waals surface area (Å²) in [6, 6.07) is 9.82. The van der Waals surface area contributed by atoms with Crippen molar-refractivity contribution in [3.63, 3.8) is 0 Å². The molecule has 0 aliphatic heterocycles. The molecule has 26 heavy (non-hydrogen) atoms. The molecule has 0 unspecified atom stereocenters. The molecule has 5 rings (SSSR count). The van der Waals surface area contributed by atoms with Crippen molar-refractivity contribution >= 4 is 28.3 Å². The van der Waals surface area contributed by atoms with E-state index in [1.165, 1.54) is 15.9 Å². The first-order valence-electron chi connectivity index (χ1n) is 7.83. The van der Waals surface area contributed by atoms with Gasteiger partial charge in [0.1, 0.15) is 0 Å². The van der Waals surface area contributed by atoms with Gasteiger partial charge >= 0.3 is 5.69 Å². The van der Waals surface area contributed by atoms with E-state index in [1.54, 1.807) is 17.6 Å². The molecule has 0 aliphatic carbocycles. The van der Waals surface area contributed by atoms with E-state index in [0.717, 1.165) is 16.4 Å². The van der Waals surface area contributed by atoms with Crippen molar-refractivity contribution < 1.29 is 0 Å². The predicted octanol–water partition coefficient (Wildman–Crippen LogP) is 1.79. The Bertz CT molecular complexity index is 1370. The van der Waals surface area contributed by atoms with Crippen LogP contribution in [0.1, 0.15) is 0 Å². The Balaban J connectivity index is 1.99. The molecule has 1 N–H and O–H groups in total. The van der Waals surface area contributed by atoms with E-state index in [9.17, 15) is 9.59 Å². The number of aromatic amines is 1. The molecule has 1 aromatic carbocycles. The number of imidazole rings is 2. The Kier molecular flexibility index (Phi) is 3.01. The normalized spacial score (nSPS) is 11.6. The molecule has 128 valence electrons. The lowest BCUT2D eigenvalue weighted by molar-refractivity contribution is 0.831. The summed E-state index contributed by atoms with van der Waals surface area (Å²) in [5.74, 6) is 0.528. The van der Waals surface area contributed by atoms with Crippen LogP contribution in [0.2, 0.25) is 0 Å². The number of fused-ring (bicyclic) bond motifs is 3. The largest absolute Gasteiger partial charge is 0.329 e. The van der Waals surface area contributed by atoms with Crippen LogP contribution < -0.4 is 11.2 Å². The number of nitrogens with zero attached hydrogens (tertiary/aromatic N) is 5. The average Bonchev–Trinajstić information content (AvgIpc) is 3.35. The Hall–Kier alpha value is -3.46. The van der Waals surface area contributed by atoms with Crippen LogP contribution in [0.3, 0.4) is 0 Å². The van der Waals surface area contributed by atoms with E-state index >= 15 is 0 Å². The topological polar surface area (TPSA) is 90.0 Å². The maximum Gasteiger partial charge on any atom is 0.329 e. The number of H-pyrrole nitrogens is 1. The quantitative estimate of drug-likeness (QED) is 0.517. The van der Waals surface area contributed by atoms with Gasteiger partial charge < -0.3 is 0 Å². The minimum Gasteiger partial charge on any atom is -0.279 e. The molecule has 0 aliphatic rings. The van der Waals surface area contributed by atoms with Crippen LogP contribution in [0.5, 0.6) is 0 Å². The van der Waals surface area contributed by atoms with Crippen LogP contribution in [-0.4, -0.2) is 28.5 Å². The van der Waals surface area contributed by atoms with Gasteiger partial charge in [-0.2, -0.15) is 4.98 Å². The highest BCUT2D eigenvalue weighted by Crippen LogP contribution is 2.29. The van der Waals surface area contributed by atoms with E-state index < -0.39 is 11.2 Å². The lowest BCUT2D eigenvalue weighted by Crippen LogP contribution is -2.28. The summed E-state index contributed by atoms with van der Waals surface area (Å²) in [4.78, 5) is 35.6. The minimum absolute atomic E-state index is 0.328. The van der Waals surface area contributed by atoms with Gasteiger partial charge in [0, 0.05) is 30.4 Å². The van der Waals surface area contributed by atoms with Crippen molar-refractivity contribution in [1.82, 2.24) is 28.5 Å². The third-order valence-electron chi connectivity index (χ3n) is 4.30. The highest BCUT2D eigenvalue weighted by molar-refractivity contribution is 7.12. The van der Waals surface area contributed by atoms with Gasteiger partial charge in [0.25, 0.3) is 5.56 Å². The molecule has 4 aromatic heterocycles. The second-order valence-corrected chi connectivity index (χ2v) is 6.68. The third-order valence-corrected chi connectivity index (χ3v) is 5.06. The summed E-state index contributed by atoms with van der Waals surface area (Å²) < 4.78 is 4.93. The second-order valence-electron chi connectivity index (χ2n) is 5.80. The zero-order valence-electron chi connectivity index (χ0n) is 13.6. The SMILES string of the molecule is Cn1c(=O)[nH]c(=O)c2c1nc1n(-c3nccs3)c(-c3ccccc3)cn21. The van der Waals surface area contributed by atoms with Gasteiger partial charge in [-0.3, -0.25) is 23.3 Å². The Labute approximate surface area is 149 Å². The molecule has 0 saturated heterocycles. The number of nitrogens with one attached hydrogen (secondary N) is 1. The lowest BCUT2D eigenvalue weighted by Gasteiger charge is -2.05. The maximum absolute atomic E-state index is 12.4. The molecule has 0 spiro atoms. The van der Waals surface area contributed by atoms with Crippen molar-refractivity contribution in [3.8, 4) is 16.4 Å². The first kappa shape index (κ1) is 14.8. The van der Waals surface area contributed by atoms with Crippen LogP contribution >= 0.6 is 11.3 Å². The number of benzene rings is 1. The number of hydrogen-bond donors (Lipinski definition) is 1. The smallest absolute Gasteiger partial charge is 0.279 e. The predicted molar refractivity (Wildman–Crippen MR) is 99.0 cm³/mol. The summed E-state index contributed by atoms with van der Waals surface area (Å²) >= 11 is 1.47. The minimum atomic E-state index is -0.493. The fourth-order valence-electron chi connectivity index (χ4n) is 3.09. The highest BCUT2D eigenvalue weighted by Gasteiger charge is 2.21. The van der Waals surface area contributed by atoms with Crippen molar-refractivity contribution in [1.29, 1.82) is 0 Å². The Morgan fingerprint density at radius 2 is 1.96 bits per heavy atom. The molecule has 8 nitrogen and oxygen atoms in total. The summed E-state index contributed by atoms with van der Waals surface area (Å²) in [6.45, 7) is 0. The second kappa shape index (κ2) is 5.27. The van der Waals surface area contributed by atoms with Crippen LogP contribution in [0.4, 0.5) is 0 Å². The number of aromatic nitrogens is 6. The summed E-state index contributed by atoms with van der Waals surface area (Å²) in [5, 5.41) is 2.61. The molecule has 5 aromatic rings. The molecular formula is C17H12N6O2S. The molecular weight excluding hydrogens is 352 g/mol. The van der Waals surface area contributed by atoms with Crippen molar-refractivity contribution in [2.75, 3.05) is 0 Å². The molecule has 0 fully saturated rings. The zero-order valence-corrected chi connectivity index (χ0v) is 14.4. The lowest BCUT2D eigenvalue weighted by atomic mass is 10.2. The van der Waals surface area contributed by atoms with Gasteiger partial charge in [-0.15, -0.1) is 11.3 Å². The van der Waals surface area contributed by atoms with E-state index in [4.69, 9.17) is 0 Å². The van der Waals surface area contributed by atoms with E-state index in [0.29, 0.717) is 16.9 Å². The fraction of sp³-hybridized carbons (Fsp3) is 0.0588. The van der Waals surface area contributed by atoms with Crippen LogP contribution in [0.15, 0.2) is 57.7 Å². The Morgan fingerprint density at radius 1 is 1.15 bits per heavy atom. The Morgan fingerprint density at radius 3 is 2.69 bits per heavy atom. The molecule has 0 amide bonds. The average molecular weight is 364 g/mol. The van der Waals surface area contributed by atoms with Gasteiger partial charge in [0.05, 0.1) is 5.69 Å². The zero-order chi connectivity index (χ0) is 17.8. The molecule has 0 saturated carbocycles. The molecule has 0 radical (unpaired) electrons. The molecule has 4 heterocycles. The summed E-state index contributed by atoms with van der Waals surface area (Å²) in [5.41, 5.74) is 1.54. The number of aryl methyl sites for hydroxylation is 1. The van der Waals surface area contributed by atoms with Crippen molar-refractivity contribution in [2.45, 2.75) is 0 Å². The van der Waals surface area contributed by atoms with Gasteiger partial charge in [-0.1, -0.05) is 30.3 Å². The first-order valence-corrected chi connectivity index (χ1v) is 8.71. The number of hydrogen-bond acceptors (Lipinski definition) is 5. The third kappa shape index (κ3) is 1.94. The van der Waals surface area contributed by atoms with Gasteiger partial charge in [0.15, 0.2) is 16.3 Å². The first-order chi connectivity index (χ1) is 12.6. The summed E-state index contributed by atoms with van der Waals surface area (Å²) in [7, 11) is 1.58. The van der Waals surface area contributed by atoms with Crippen molar-refractivity contribution in [2.24, 2.45) is 7.05 Å². The molecule has 9 heteroatoms.